The van der Waals surface area contributed by atoms with Crippen molar-refractivity contribution in [3.8, 4) is 5.75 Å². The van der Waals surface area contributed by atoms with E-state index in [2.05, 4.69) is 15.8 Å². The number of phenolic OH excluding ortho intramolecular Hbond substituents is 1. The Hall–Kier alpha value is -3.39. The van der Waals surface area contributed by atoms with Gasteiger partial charge in [-0.25, -0.2) is 15.0 Å². The molecule has 2 amide bonds. The zero-order chi connectivity index (χ0) is 21.1. The fourth-order valence-corrected chi connectivity index (χ4v) is 4.89. The number of urea groups is 1. The van der Waals surface area contributed by atoms with Crippen molar-refractivity contribution in [2.75, 3.05) is 11.9 Å². The van der Waals surface area contributed by atoms with Gasteiger partial charge in [0.25, 0.3) is 0 Å². The van der Waals surface area contributed by atoms with Crippen LogP contribution >= 0.6 is 11.3 Å². The summed E-state index contributed by atoms with van der Waals surface area (Å²) in [4.78, 5) is 25.9. The van der Waals surface area contributed by atoms with Gasteiger partial charge < -0.3 is 9.84 Å². The van der Waals surface area contributed by atoms with E-state index in [0.29, 0.717) is 16.1 Å². The molecule has 4 rings (SSSR count). The molecule has 3 aromatic rings. The lowest BCUT2D eigenvalue weighted by Gasteiger charge is -2.08. The number of fused-ring (bicyclic) bond motifs is 2. The normalized spacial score (nSPS) is 12.8. The van der Waals surface area contributed by atoms with Gasteiger partial charge in [-0.2, -0.15) is 5.10 Å². The third-order valence-corrected chi connectivity index (χ3v) is 6.14. The number of carbonyl (C=O) groups excluding carboxylic acids is 2. The van der Waals surface area contributed by atoms with Crippen molar-refractivity contribution >= 4 is 45.3 Å². The summed E-state index contributed by atoms with van der Waals surface area (Å²) in [6, 6.07) is 10.4. The number of carbonyl (C=O) groups is 2. The van der Waals surface area contributed by atoms with Gasteiger partial charge in [-0.3, -0.25) is 5.32 Å². The second kappa shape index (κ2) is 8.54. The van der Waals surface area contributed by atoms with Gasteiger partial charge in [0, 0.05) is 10.4 Å². The van der Waals surface area contributed by atoms with Crippen LogP contribution in [0, 0.1) is 0 Å². The molecule has 1 heterocycles. The van der Waals surface area contributed by atoms with E-state index in [-0.39, 0.29) is 12.4 Å². The number of anilines is 1. The fraction of sp³-hybridized carbons (Fsp3) is 0.227. The summed E-state index contributed by atoms with van der Waals surface area (Å²) in [5, 5.41) is 19.1. The largest absolute Gasteiger partial charge is 0.507 e. The molecule has 8 heteroatoms. The molecule has 2 aromatic carbocycles. The lowest BCUT2D eigenvalue weighted by molar-refractivity contribution is 0.0527. The highest BCUT2D eigenvalue weighted by atomic mass is 32.1. The predicted octanol–water partition coefficient (Wildman–Crippen LogP) is 4.43. The topological polar surface area (TPSA) is 100 Å². The van der Waals surface area contributed by atoms with Crippen molar-refractivity contribution in [2.24, 2.45) is 5.10 Å². The van der Waals surface area contributed by atoms with Crippen LogP contribution in [0.25, 0.3) is 10.8 Å². The number of thiophene rings is 1. The first-order valence-corrected chi connectivity index (χ1v) is 10.5. The highest BCUT2D eigenvalue weighted by Gasteiger charge is 2.28. The van der Waals surface area contributed by atoms with Crippen LogP contribution in [0.1, 0.15) is 39.7 Å². The van der Waals surface area contributed by atoms with Gasteiger partial charge in [0.15, 0.2) is 0 Å². The quantitative estimate of drug-likeness (QED) is 0.321. The Morgan fingerprint density at radius 1 is 1.23 bits per heavy atom. The molecule has 30 heavy (non-hydrogen) atoms. The van der Waals surface area contributed by atoms with E-state index in [1.165, 1.54) is 17.6 Å². The molecule has 7 nitrogen and oxygen atoms in total. The van der Waals surface area contributed by atoms with Crippen molar-refractivity contribution in [3.63, 3.8) is 0 Å². The fourth-order valence-electron chi connectivity index (χ4n) is 3.62. The van der Waals surface area contributed by atoms with Crippen molar-refractivity contribution in [3.05, 3.63) is 58.0 Å². The minimum atomic E-state index is -0.573. The molecule has 3 N–H and O–H groups in total. The minimum absolute atomic E-state index is 0.0685. The lowest BCUT2D eigenvalue weighted by atomic mass is 10.0. The lowest BCUT2D eigenvalue weighted by Crippen LogP contribution is -2.25. The van der Waals surface area contributed by atoms with Gasteiger partial charge in [-0.15, -0.1) is 11.3 Å². The Balaban J connectivity index is 1.50. The first kappa shape index (κ1) is 19.9. The van der Waals surface area contributed by atoms with Gasteiger partial charge >= 0.3 is 12.0 Å². The molecule has 1 aliphatic rings. The number of aryl methyl sites for hydroxylation is 1. The number of phenols is 1. The molecule has 0 fully saturated rings. The van der Waals surface area contributed by atoms with Crippen molar-refractivity contribution in [1.82, 2.24) is 5.43 Å². The van der Waals surface area contributed by atoms with E-state index >= 15 is 0 Å². The van der Waals surface area contributed by atoms with E-state index in [9.17, 15) is 14.7 Å². The Kier molecular flexibility index (Phi) is 5.67. The smallest absolute Gasteiger partial charge is 0.341 e. The maximum Gasteiger partial charge on any atom is 0.341 e. The molecule has 0 bridgehead atoms. The molecule has 0 aliphatic heterocycles. The Morgan fingerprint density at radius 3 is 2.90 bits per heavy atom. The average Bonchev–Trinajstić information content (AvgIpc) is 3.30. The van der Waals surface area contributed by atoms with E-state index in [0.717, 1.165) is 40.5 Å². The number of hydrogen-bond acceptors (Lipinski definition) is 6. The number of esters is 1. The van der Waals surface area contributed by atoms with Gasteiger partial charge in [-0.05, 0) is 48.6 Å². The number of rotatable bonds is 5. The number of nitrogens with zero attached hydrogens (tertiary/aromatic N) is 1. The summed E-state index contributed by atoms with van der Waals surface area (Å²) >= 11 is 1.40. The van der Waals surface area contributed by atoms with Crippen molar-refractivity contribution < 1.29 is 19.4 Å². The molecular formula is C22H21N3O4S. The summed E-state index contributed by atoms with van der Waals surface area (Å²) in [5.74, 6) is -0.352. The molecule has 0 saturated carbocycles. The van der Waals surface area contributed by atoms with Crippen LogP contribution in [0.3, 0.4) is 0 Å². The number of amides is 2. The third-order valence-electron chi connectivity index (χ3n) is 4.94. The van der Waals surface area contributed by atoms with E-state index in [4.69, 9.17) is 4.74 Å². The van der Waals surface area contributed by atoms with Gasteiger partial charge in [0.1, 0.15) is 10.8 Å². The number of hydrazone groups is 1. The molecule has 1 aromatic heterocycles. The third kappa shape index (κ3) is 3.86. The molecule has 0 unspecified atom stereocenters. The Bertz CT molecular complexity index is 1150. The first-order chi connectivity index (χ1) is 14.6. The van der Waals surface area contributed by atoms with Crippen molar-refractivity contribution in [1.29, 1.82) is 0 Å². The molecular weight excluding hydrogens is 402 g/mol. The molecule has 0 atom stereocenters. The van der Waals surface area contributed by atoms with Gasteiger partial charge in [-0.1, -0.05) is 30.3 Å². The Morgan fingerprint density at radius 2 is 2.07 bits per heavy atom. The predicted molar refractivity (Wildman–Crippen MR) is 118 cm³/mol. The summed E-state index contributed by atoms with van der Waals surface area (Å²) in [6.45, 7) is 2.02. The van der Waals surface area contributed by atoms with Crippen molar-refractivity contribution in [2.45, 2.75) is 26.2 Å². The highest BCUT2D eigenvalue weighted by molar-refractivity contribution is 7.17. The number of hydrogen-bond donors (Lipinski definition) is 3. The second-order valence-electron chi connectivity index (χ2n) is 6.83. The highest BCUT2D eigenvalue weighted by Crippen LogP contribution is 2.39. The SMILES string of the molecule is CCOC(=O)c1c(NC(=O)NN=Cc2c(O)ccc3ccccc23)sc2c1CCC2. The summed E-state index contributed by atoms with van der Waals surface area (Å²) in [5.41, 5.74) is 4.32. The number of nitrogens with one attached hydrogen (secondary N) is 2. The van der Waals surface area contributed by atoms with E-state index in [1.54, 1.807) is 13.0 Å². The van der Waals surface area contributed by atoms with Crippen LogP contribution in [0.15, 0.2) is 41.5 Å². The van der Waals surface area contributed by atoms with Crippen LogP contribution in [0.2, 0.25) is 0 Å². The van der Waals surface area contributed by atoms with Crippen LogP contribution in [-0.4, -0.2) is 29.9 Å². The van der Waals surface area contributed by atoms with Crippen LogP contribution in [0.4, 0.5) is 9.80 Å². The zero-order valence-corrected chi connectivity index (χ0v) is 17.2. The monoisotopic (exact) mass is 423 g/mol. The molecule has 1 aliphatic carbocycles. The van der Waals surface area contributed by atoms with Gasteiger partial charge in [0.05, 0.1) is 18.4 Å². The number of benzene rings is 2. The Labute approximate surface area is 177 Å². The first-order valence-electron chi connectivity index (χ1n) is 9.71. The molecule has 154 valence electrons. The van der Waals surface area contributed by atoms with Gasteiger partial charge in [0.2, 0.25) is 0 Å². The van der Waals surface area contributed by atoms with E-state index in [1.807, 2.05) is 30.3 Å². The summed E-state index contributed by atoms with van der Waals surface area (Å²) in [7, 11) is 0. The number of ether oxygens (including phenoxy) is 1. The minimum Gasteiger partial charge on any atom is -0.507 e. The zero-order valence-electron chi connectivity index (χ0n) is 16.4. The van der Waals surface area contributed by atoms with E-state index < -0.39 is 12.0 Å². The van der Waals surface area contributed by atoms with Crippen LogP contribution in [-0.2, 0) is 17.6 Å². The standard InChI is InChI=1S/C22H21N3O4S/c1-2-29-21(27)19-15-8-5-9-18(15)30-20(19)24-22(28)25-23-12-16-14-7-4-3-6-13(14)10-11-17(16)26/h3-4,6-7,10-12,26H,2,5,8-9H2,1H3,(H2,24,25,28). The van der Waals surface area contributed by atoms with Crippen LogP contribution < -0.4 is 10.7 Å². The second-order valence-corrected chi connectivity index (χ2v) is 7.93. The summed E-state index contributed by atoms with van der Waals surface area (Å²) in [6.07, 6.45) is 4.10. The maximum atomic E-state index is 12.4. The summed E-state index contributed by atoms with van der Waals surface area (Å²) < 4.78 is 5.17. The molecule has 0 radical (unpaired) electrons. The van der Waals surface area contributed by atoms with Crippen LogP contribution in [0.5, 0.6) is 5.75 Å². The average molecular weight is 423 g/mol. The maximum absolute atomic E-state index is 12.4. The molecule has 0 saturated heterocycles. The number of aromatic hydroxyl groups is 1. The molecule has 0 spiro atoms.